The van der Waals surface area contributed by atoms with E-state index in [-0.39, 0.29) is 23.7 Å². The van der Waals surface area contributed by atoms with Crippen molar-refractivity contribution in [1.29, 1.82) is 0 Å². The van der Waals surface area contributed by atoms with Crippen molar-refractivity contribution in [2.24, 2.45) is 11.8 Å². The van der Waals surface area contributed by atoms with Crippen LogP contribution in [0.1, 0.15) is 64.2 Å². The third kappa shape index (κ3) is 3.47. The van der Waals surface area contributed by atoms with Gasteiger partial charge in [0.05, 0.1) is 0 Å². The molecular weight excluding hydrogens is 276 g/mol. The van der Waals surface area contributed by atoms with E-state index in [1.807, 2.05) is 9.80 Å². The average molecular weight is 306 g/mol. The summed E-state index contributed by atoms with van der Waals surface area (Å²) in [7, 11) is 0. The molecule has 2 heterocycles. The zero-order valence-corrected chi connectivity index (χ0v) is 13.8. The number of hydrogen-bond acceptors (Lipinski definition) is 2. The number of amides is 2. The van der Waals surface area contributed by atoms with Crippen LogP contribution in [0.4, 0.5) is 0 Å². The summed E-state index contributed by atoms with van der Waals surface area (Å²) < 4.78 is 0. The van der Waals surface area contributed by atoms with E-state index in [0.717, 1.165) is 77.5 Å². The number of piperidine rings is 2. The summed E-state index contributed by atoms with van der Waals surface area (Å²) in [5.41, 5.74) is 0. The van der Waals surface area contributed by atoms with Crippen LogP contribution in [0.25, 0.3) is 0 Å². The third-order valence-electron chi connectivity index (χ3n) is 5.74. The maximum Gasteiger partial charge on any atom is 0.226 e. The van der Waals surface area contributed by atoms with Gasteiger partial charge >= 0.3 is 0 Å². The zero-order chi connectivity index (χ0) is 15.4. The molecule has 0 unspecified atom stereocenters. The number of carbonyl (C=O) groups is 2. The normalized spacial score (nSPS) is 30.2. The van der Waals surface area contributed by atoms with Gasteiger partial charge in [0.15, 0.2) is 0 Å². The Labute approximate surface area is 134 Å². The molecule has 4 nitrogen and oxygen atoms in total. The van der Waals surface area contributed by atoms with Gasteiger partial charge in [0, 0.05) is 38.0 Å². The second-order valence-corrected chi connectivity index (χ2v) is 7.27. The van der Waals surface area contributed by atoms with Crippen molar-refractivity contribution in [3.8, 4) is 0 Å². The third-order valence-corrected chi connectivity index (χ3v) is 5.74. The van der Waals surface area contributed by atoms with Gasteiger partial charge in [-0.3, -0.25) is 9.59 Å². The minimum atomic E-state index is -0.0405. The van der Waals surface area contributed by atoms with Crippen molar-refractivity contribution in [3.63, 3.8) is 0 Å². The summed E-state index contributed by atoms with van der Waals surface area (Å²) in [6.07, 6.45) is 11.0. The standard InChI is InChI=1S/C18H30N2O2/c21-17(19-11-5-1-6-12-19)15-9-3-4-10-16(15)18(22)20-13-7-2-8-14-20/h15-16H,1-14H2/t15-,16-/m1/s1. The Morgan fingerprint density at radius 3 is 1.27 bits per heavy atom. The van der Waals surface area contributed by atoms with Crippen LogP contribution in [-0.2, 0) is 9.59 Å². The smallest absolute Gasteiger partial charge is 0.226 e. The second kappa shape index (κ2) is 7.47. The van der Waals surface area contributed by atoms with E-state index in [2.05, 4.69) is 0 Å². The van der Waals surface area contributed by atoms with Crippen LogP contribution in [0.2, 0.25) is 0 Å². The molecular formula is C18H30N2O2. The maximum absolute atomic E-state index is 12.9. The van der Waals surface area contributed by atoms with E-state index in [1.165, 1.54) is 12.8 Å². The Bertz CT molecular complexity index is 360. The summed E-state index contributed by atoms with van der Waals surface area (Å²) in [6, 6.07) is 0. The van der Waals surface area contributed by atoms with E-state index in [0.29, 0.717) is 0 Å². The van der Waals surface area contributed by atoms with Gasteiger partial charge < -0.3 is 9.80 Å². The molecule has 2 atom stereocenters. The predicted molar refractivity (Wildman–Crippen MR) is 86.3 cm³/mol. The summed E-state index contributed by atoms with van der Waals surface area (Å²) in [4.78, 5) is 29.9. The molecule has 2 saturated heterocycles. The fourth-order valence-corrected chi connectivity index (χ4v) is 4.42. The molecule has 0 aromatic rings. The molecule has 0 aromatic carbocycles. The number of likely N-dealkylation sites (tertiary alicyclic amines) is 2. The van der Waals surface area contributed by atoms with E-state index >= 15 is 0 Å². The largest absolute Gasteiger partial charge is 0.342 e. The van der Waals surface area contributed by atoms with E-state index in [1.54, 1.807) is 0 Å². The molecule has 0 aromatic heterocycles. The van der Waals surface area contributed by atoms with Crippen molar-refractivity contribution in [1.82, 2.24) is 9.80 Å². The highest BCUT2D eigenvalue weighted by Crippen LogP contribution is 2.34. The van der Waals surface area contributed by atoms with Crippen LogP contribution in [0.5, 0.6) is 0 Å². The molecule has 2 aliphatic heterocycles. The molecule has 4 heteroatoms. The van der Waals surface area contributed by atoms with Crippen LogP contribution in [0.3, 0.4) is 0 Å². The lowest BCUT2D eigenvalue weighted by Crippen LogP contribution is -2.48. The van der Waals surface area contributed by atoms with Crippen LogP contribution in [0.15, 0.2) is 0 Å². The van der Waals surface area contributed by atoms with Crippen LogP contribution < -0.4 is 0 Å². The monoisotopic (exact) mass is 306 g/mol. The van der Waals surface area contributed by atoms with Crippen molar-refractivity contribution in [3.05, 3.63) is 0 Å². The van der Waals surface area contributed by atoms with Gasteiger partial charge in [0.2, 0.25) is 11.8 Å². The summed E-state index contributed by atoms with van der Waals surface area (Å²) in [5, 5.41) is 0. The van der Waals surface area contributed by atoms with E-state index < -0.39 is 0 Å². The molecule has 0 radical (unpaired) electrons. The Balaban J connectivity index is 1.67. The first-order valence-corrected chi connectivity index (χ1v) is 9.35. The lowest BCUT2D eigenvalue weighted by Gasteiger charge is -2.38. The van der Waals surface area contributed by atoms with Gasteiger partial charge in [0.1, 0.15) is 0 Å². The first-order chi connectivity index (χ1) is 10.8. The summed E-state index contributed by atoms with van der Waals surface area (Å²) in [6.45, 7) is 3.61. The van der Waals surface area contributed by atoms with E-state index in [9.17, 15) is 9.59 Å². The first-order valence-electron chi connectivity index (χ1n) is 9.35. The average Bonchev–Trinajstić information content (AvgIpc) is 2.62. The predicted octanol–water partition coefficient (Wildman–Crippen LogP) is 2.82. The fourth-order valence-electron chi connectivity index (χ4n) is 4.42. The molecule has 22 heavy (non-hydrogen) atoms. The van der Waals surface area contributed by atoms with Crippen LogP contribution >= 0.6 is 0 Å². The summed E-state index contributed by atoms with van der Waals surface area (Å²) >= 11 is 0. The topological polar surface area (TPSA) is 40.6 Å². The van der Waals surface area contributed by atoms with Crippen LogP contribution in [0, 0.1) is 11.8 Å². The number of carbonyl (C=O) groups excluding carboxylic acids is 2. The zero-order valence-electron chi connectivity index (χ0n) is 13.8. The van der Waals surface area contributed by atoms with Crippen LogP contribution in [-0.4, -0.2) is 47.8 Å². The van der Waals surface area contributed by atoms with Gasteiger partial charge in [-0.15, -0.1) is 0 Å². The molecule has 0 bridgehead atoms. The SMILES string of the molecule is O=C([C@@H]1CCCC[C@H]1C(=O)N1CCCCC1)N1CCCCC1. The number of nitrogens with zero attached hydrogens (tertiary/aromatic N) is 2. The summed E-state index contributed by atoms with van der Waals surface area (Å²) in [5.74, 6) is 0.465. The highest BCUT2D eigenvalue weighted by molar-refractivity contribution is 5.88. The molecule has 124 valence electrons. The quantitative estimate of drug-likeness (QED) is 0.787. The molecule has 3 aliphatic rings. The molecule has 3 fully saturated rings. The Kier molecular flexibility index (Phi) is 5.37. The molecule has 3 rings (SSSR count). The lowest BCUT2D eigenvalue weighted by atomic mass is 9.77. The van der Waals surface area contributed by atoms with Crippen molar-refractivity contribution in [2.45, 2.75) is 64.2 Å². The highest BCUT2D eigenvalue weighted by Gasteiger charge is 2.39. The fraction of sp³-hybridized carbons (Fsp3) is 0.889. The van der Waals surface area contributed by atoms with Crippen molar-refractivity contribution in [2.75, 3.05) is 26.2 Å². The Morgan fingerprint density at radius 1 is 0.545 bits per heavy atom. The molecule has 0 N–H and O–H groups in total. The van der Waals surface area contributed by atoms with E-state index in [4.69, 9.17) is 0 Å². The van der Waals surface area contributed by atoms with Gasteiger partial charge in [-0.25, -0.2) is 0 Å². The van der Waals surface area contributed by atoms with Gasteiger partial charge in [-0.05, 0) is 51.4 Å². The maximum atomic E-state index is 12.9. The van der Waals surface area contributed by atoms with Crippen molar-refractivity contribution < 1.29 is 9.59 Å². The first kappa shape index (κ1) is 15.8. The highest BCUT2D eigenvalue weighted by atomic mass is 16.2. The molecule has 1 saturated carbocycles. The van der Waals surface area contributed by atoms with Crippen molar-refractivity contribution >= 4 is 11.8 Å². The minimum Gasteiger partial charge on any atom is -0.342 e. The molecule has 1 aliphatic carbocycles. The molecule has 2 amide bonds. The second-order valence-electron chi connectivity index (χ2n) is 7.27. The number of rotatable bonds is 2. The van der Waals surface area contributed by atoms with Gasteiger partial charge in [-0.1, -0.05) is 12.8 Å². The minimum absolute atomic E-state index is 0.0405. The number of hydrogen-bond donors (Lipinski definition) is 0. The lowest BCUT2D eigenvalue weighted by molar-refractivity contribution is -0.149. The Hall–Kier alpha value is -1.06. The Morgan fingerprint density at radius 2 is 0.909 bits per heavy atom. The molecule has 0 spiro atoms. The van der Waals surface area contributed by atoms with Gasteiger partial charge in [-0.2, -0.15) is 0 Å². The van der Waals surface area contributed by atoms with Gasteiger partial charge in [0.25, 0.3) is 0 Å².